The van der Waals surface area contributed by atoms with E-state index in [-0.39, 0.29) is 0 Å². The number of nitrogens with zero attached hydrogens (tertiary/aromatic N) is 6. The first-order chi connectivity index (χ1) is 9.34. The van der Waals surface area contributed by atoms with Crippen molar-refractivity contribution in [3.05, 3.63) is 20.9 Å². The van der Waals surface area contributed by atoms with E-state index >= 15 is 0 Å². The van der Waals surface area contributed by atoms with E-state index in [0.29, 0.717) is 0 Å². The summed E-state index contributed by atoms with van der Waals surface area (Å²) in [6.45, 7) is 0.0921. The van der Waals surface area contributed by atoms with Crippen molar-refractivity contribution in [3.8, 4) is 0 Å². The third-order valence-corrected chi connectivity index (χ3v) is 2.50. The number of aliphatic hydroxyl groups excluding tert-OH is 1. The highest BCUT2D eigenvalue weighted by Crippen LogP contribution is 2.37. The van der Waals surface area contributed by atoms with Crippen LogP contribution in [0.1, 0.15) is 6.92 Å². The van der Waals surface area contributed by atoms with Crippen LogP contribution in [-0.2, 0) is 14.3 Å². The van der Waals surface area contributed by atoms with Gasteiger partial charge in [0.25, 0.3) is 0 Å². The number of azide groups is 2. The number of ether oxygens (including phenoxy) is 2. The standard InChI is InChI=1S/C8H10F2N6O4/c1-3(17)19-6-5(14-16-12)7(18)20-4(2-13-15-11)8(6,9)10/h4-7,18H,2H2,1H3/t4-,5-,6-,7?/m1/s1. The normalized spacial score (nSPS) is 31.6. The SMILES string of the molecule is CC(=O)O[C@@H]1[C@@H](N=[N+]=[N-])C(O)O[C@H](CN=[N+]=[N-])C1(F)F. The molecule has 1 rings (SSSR count). The Morgan fingerprint density at radius 1 is 1.50 bits per heavy atom. The predicted molar refractivity (Wildman–Crippen MR) is 58.3 cm³/mol. The van der Waals surface area contributed by atoms with Crippen molar-refractivity contribution in [3.63, 3.8) is 0 Å². The van der Waals surface area contributed by atoms with Crippen LogP contribution in [0.25, 0.3) is 20.9 Å². The van der Waals surface area contributed by atoms with E-state index in [1.807, 2.05) is 0 Å². The topological polar surface area (TPSA) is 153 Å². The summed E-state index contributed by atoms with van der Waals surface area (Å²) >= 11 is 0. The van der Waals surface area contributed by atoms with Gasteiger partial charge in [0, 0.05) is 16.7 Å². The van der Waals surface area contributed by atoms with E-state index in [1.54, 1.807) is 0 Å². The molecule has 4 atom stereocenters. The van der Waals surface area contributed by atoms with Crippen LogP contribution in [0.5, 0.6) is 0 Å². The highest BCUT2D eigenvalue weighted by Gasteiger charge is 2.59. The third-order valence-electron chi connectivity index (χ3n) is 2.50. The molecule has 12 heteroatoms. The first-order valence-corrected chi connectivity index (χ1v) is 5.28. The van der Waals surface area contributed by atoms with Gasteiger partial charge in [-0.05, 0) is 11.1 Å². The number of rotatable bonds is 4. The largest absolute Gasteiger partial charge is 0.455 e. The summed E-state index contributed by atoms with van der Waals surface area (Å²) in [7, 11) is 0. The molecule has 1 aliphatic rings. The number of aliphatic hydroxyl groups is 1. The molecule has 1 heterocycles. The number of hydrogen-bond acceptors (Lipinski definition) is 6. The molecule has 0 aliphatic carbocycles. The van der Waals surface area contributed by atoms with Crippen LogP contribution in [0.3, 0.4) is 0 Å². The molecule has 0 aromatic carbocycles. The average Bonchev–Trinajstić information content (AvgIpc) is 2.36. The molecule has 0 bridgehead atoms. The molecule has 1 aliphatic heterocycles. The van der Waals surface area contributed by atoms with Gasteiger partial charge in [0.1, 0.15) is 12.1 Å². The van der Waals surface area contributed by atoms with Crippen molar-refractivity contribution in [2.45, 2.75) is 37.4 Å². The minimum atomic E-state index is -3.81. The van der Waals surface area contributed by atoms with E-state index < -0.39 is 43.0 Å². The zero-order valence-electron chi connectivity index (χ0n) is 10.1. The van der Waals surface area contributed by atoms with Crippen molar-refractivity contribution < 1.29 is 28.2 Å². The molecule has 0 aromatic heterocycles. The van der Waals surface area contributed by atoms with Gasteiger partial charge in [-0.1, -0.05) is 10.2 Å². The van der Waals surface area contributed by atoms with E-state index in [2.05, 4.69) is 29.5 Å². The van der Waals surface area contributed by atoms with Gasteiger partial charge in [0.15, 0.2) is 12.4 Å². The summed E-state index contributed by atoms with van der Waals surface area (Å²) in [6.07, 6.45) is -6.16. The van der Waals surface area contributed by atoms with Crippen LogP contribution in [0, 0.1) is 0 Å². The van der Waals surface area contributed by atoms with Gasteiger partial charge in [0.2, 0.25) is 0 Å². The number of hydrogen-bond donors (Lipinski definition) is 1. The maximum absolute atomic E-state index is 14.1. The Hall–Kier alpha value is -2.13. The van der Waals surface area contributed by atoms with Crippen molar-refractivity contribution in [2.75, 3.05) is 6.54 Å². The highest BCUT2D eigenvalue weighted by atomic mass is 19.3. The van der Waals surface area contributed by atoms with Crippen LogP contribution in [0.4, 0.5) is 8.78 Å². The molecule has 1 N–H and O–H groups in total. The lowest BCUT2D eigenvalue weighted by atomic mass is 9.96. The molecule has 1 fully saturated rings. The fraction of sp³-hybridized carbons (Fsp3) is 0.875. The molecule has 110 valence electrons. The van der Waals surface area contributed by atoms with Crippen LogP contribution in [-0.4, -0.2) is 48.1 Å². The second kappa shape index (κ2) is 6.35. The number of halogens is 2. The number of esters is 1. The predicted octanol–water partition coefficient (Wildman–Crippen LogP) is 1.26. The summed E-state index contributed by atoms with van der Waals surface area (Å²) in [4.78, 5) is 15.5. The van der Waals surface area contributed by atoms with Crippen molar-refractivity contribution >= 4 is 5.97 Å². The molecule has 0 radical (unpaired) electrons. The molecular weight excluding hydrogens is 282 g/mol. The Labute approximate surface area is 110 Å². The van der Waals surface area contributed by atoms with Crippen LogP contribution in [0.2, 0.25) is 0 Å². The first kappa shape index (κ1) is 15.9. The average molecular weight is 292 g/mol. The van der Waals surface area contributed by atoms with Crippen LogP contribution >= 0.6 is 0 Å². The summed E-state index contributed by atoms with van der Waals surface area (Å²) in [5, 5.41) is 15.4. The van der Waals surface area contributed by atoms with E-state index in [4.69, 9.17) is 11.1 Å². The maximum atomic E-state index is 14.1. The molecular formula is C8H10F2N6O4. The zero-order chi connectivity index (χ0) is 15.3. The Morgan fingerprint density at radius 2 is 2.15 bits per heavy atom. The summed E-state index contributed by atoms with van der Waals surface area (Å²) in [5.74, 6) is -4.86. The lowest BCUT2D eigenvalue weighted by Crippen LogP contribution is -2.63. The molecule has 10 nitrogen and oxygen atoms in total. The van der Waals surface area contributed by atoms with Gasteiger partial charge >= 0.3 is 11.9 Å². The Balaban J connectivity index is 3.13. The van der Waals surface area contributed by atoms with Crippen molar-refractivity contribution in [1.82, 2.24) is 0 Å². The monoisotopic (exact) mass is 292 g/mol. The van der Waals surface area contributed by atoms with Gasteiger partial charge < -0.3 is 14.6 Å². The smallest absolute Gasteiger partial charge is 0.310 e. The molecule has 20 heavy (non-hydrogen) atoms. The fourth-order valence-corrected chi connectivity index (χ4v) is 1.68. The fourth-order valence-electron chi connectivity index (χ4n) is 1.68. The van der Waals surface area contributed by atoms with Gasteiger partial charge in [0.05, 0.1) is 6.54 Å². The van der Waals surface area contributed by atoms with Crippen LogP contribution in [0.15, 0.2) is 10.2 Å². The van der Waals surface area contributed by atoms with E-state index in [0.717, 1.165) is 6.92 Å². The van der Waals surface area contributed by atoms with Gasteiger partial charge in [-0.25, -0.2) is 0 Å². The molecule has 1 unspecified atom stereocenters. The van der Waals surface area contributed by atoms with Crippen molar-refractivity contribution in [1.29, 1.82) is 0 Å². The molecule has 0 spiro atoms. The minimum absolute atomic E-state index is 0.790. The second-order valence-corrected chi connectivity index (χ2v) is 3.83. The minimum Gasteiger partial charge on any atom is -0.455 e. The number of carbonyl (C=O) groups excluding carboxylic acids is 1. The number of alkyl halides is 2. The van der Waals surface area contributed by atoms with Crippen molar-refractivity contribution in [2.24, 2.45) is 10.2 Å². The lowest BCUT2D eigenvalue weighted by molar-refractivity contribution is -0.298. The van der Waals surface area contributed by atoms with Gasteiger partial charge in [-0.3, -0.25) is 4.79 Å². The zero-order valence-corrected chi connectivity index (χ0v) is 10.1. The van der Waals surface area contributed by atoms with E-state index in [9.17, 15) is 18.7 Å². The summed E-state index contributed by atoms with van der Waals surface area (Å²) in [6, 6.07) is -1.82. The summed E-state index contributed by atoms with van der Waals surface area (Å²) < 4.78 is 37.2. The quantitative estimate of drug-likeness (QED) is 0.358. The van der Waals surface area contributed by atoms with E-state index in [1.165, 1.54) is 0 Å². The summed E-state index contributed by atoms with van der Waals surface area (Å²) in [5.41, 5.74) is 16.4. The van der Waals surface area contributed by atoms with Crippen LogP contribution < -0.4 is 0 Å². The Kier molecular flexibility index (Phi) is 5.06. The second-order valence-electron chi connectivity index (χ2n) is 3.83. The molecule has 0 amide bonds. The number of carbonyl (C=O) groups is 1. The molecule has 0 aromatic rings. The molecule has 0 saturated carbocycles. The Bertz CT molecular complexity index is 476. The Morgan fingerprint density at radius 3 is 2.65 bits per heavy atom. The third kappa shape index (κ3) is 3.25. The highest BCUT2D eigenvalue weighted by molar-refractivity contribution is 5.66. The van der Waals surface area contributed by atoms with Gasteiger partial charge in [-0.15, -0.1) is 0 Å². The molecule has 1 saturated heterocycles. The lowest BCUT2D eigenvalue weighted by Gasteiger charge is -2.42. The first-order valence-electron chi connectivity index (χ1n) is 5.28. The maximum Gasteiger partial charge on any atom is 0.310 e. The van der Waals surface area contributed by atoms with Gasteiger partial charge in [-0.2, -0.15) is 8.78 Å².